The molecule has 0 N–H and O–H groups in total. The Hall–Kier alpha value is -2.89. The largest absolute Gasteiger partial charge is 0.443 e. The zero-order valence-electron chi connectivity index (χ0n) is 19.2. The van der Waals surface area contributed by atoms with Crippen molar-refractivity contribution in [3.63, 3.8) is 0 Å². The van der Waals surface area contributed by atoms with Gasteiger partial charge in [0, 0.05) is 24.3 Å². The minimum Gasteiger partial charge on any atom is -0.443 e. The molecule has 1 aliphatic rings. The lowest BCUT2D eigenvalue weighted by Gasteiger charge is -2.31. The van der Waals surface area contributed by atoms with Gasteiger partial charge < -0.3 is 9.64 Å². The van der Waals surface area contributed by atoms with Gasteiger partial charge in [0.2, 0.25) is 0 Å². The quantitative estimate of drug-likeness (QED) is 0.628. The Labute approximate surface area is 185 Å². The highest BCUT2D eigenvalue weighted by Crippen LogP contribution is 2.33. The van der Waals surface area contributed by atoms with Gasteiger partial charge in [0.25, 0.3) is 5.91 Å². The molecule has 2 heterocycles. The lowest BCUT2D eigenvalue weighted by molar-refractivity contribution is 0.0565. The lowest BCUT2D eigenvalue weighted by Crippen LogP contribution is -2.42. The van der Waals surface area contributed by atoms with Crippen molar-refractivity contribution in [2.24, 2.45) is 0 Å². The first kappa shape index (κ1) is 22.8. The molecule has 1 aliphatic heterocycles. The minimum atomic E-state index is -0.578. The molecule has 2 aromatic rings. The molecule has 1 aromatic carbocycles. The van der Waals surface area contributed by atoms with E-state index in [1.54, 1.807) is 11.1 Å². The number of hydrogen-bond acceptors (Lipinski definition) is 4. The van der Waals surface area contributed by atoms with Crippen molar-refractivity contribution in [1.29, 1.82) is 0 Å². The Morgan fingerprint density at radius 3 is 2.48 bits per heavy atom. The molecule has 0 unspecified atom stereocenters. The zero-order chi connectivity index (χ0) is 22.6. The number of pyridine rings is 1. The molecule has 0 saturated carbocycles. The summed E-state index contributed by atoms with van der Waals surface area (Å²) in [5, 5.41) is 0. The second-order valence-corrected chi connectivity index (χ2v) is 9.08. The van der Waals surface area contributed by atoms with Crippen molar-refractivity contribution in [2.45, 2.75) is 71.6 Å². The van der Waals surface area contributed by atoms with Gasteiger partial charge in [-0.25, -0.2) is 9.78 Å². The molecule has 1 saturated heterocycles. The van der Waals surface area contributed by atoms with Crippen LogP contribution in [0.3, 0.4) is 0 Å². The Balaban J connectivity index is 1.82. The van der Waals surface area contributed by atoms with Gasteiger partial charge in [0.1, 0.15) is 11.4 Å². The van der Waals surface area contributed by atoms with E-state index in [1.165, 1.54) is 0 Å². The molecule has 0 spiro atoms. The van der Waals surface area contributed by atoms with Gasteiger partial charge in [-0.3, -0.25) is 9.69 Å². The first-order valence-electron chi connectivity index (χ1n) is 11.1. The van der Waals surface area contributed by atoms with E-state index < -0.39 is 11.7 Å². The molecule has 6 heteroatoms. The van der Waals surface area contributed by atoms with E-state index in [0.717, 1.165) is 31.4 Å². The van der Waals surface area contributed by atoms with Gasteiger partial charge in [0.15, 0.2) is 0 Å². The van der Waals surface area contributed by atoms with Crippen LogP contribution < -0.4 is 4.90 Å². The Morgan fingerprint density at radius 1 is 1.19 bits per heavy atom. The average molecular weight is 424 g/mol. The number of rotatable bonds is 5. The number of hydrogen-bond donors (Lipinski definition) is 0. The van der Waals surface area contributed by atoms with Crippen LogP contribution >= 0.6 is 0 Å². The topological polar surface area (TPSA) is 62.7 Å². The van der Waals surface area contributed by atoms with Crippen molar-refractivity contribution in [1.82, 2.24) is 9.88 Å². The molecular weight excluding hydrogens is 390 g/mol. The summed E-state index contributed by atoms with van der Waals surface area (Å²) in [4.78, 5) is 33.9. The number of carbonyl (C=O) groups excluding carboxylic acids is 2. The highest BCUT2D eigenvalue weighted by Gasteiger charge is 2.32. The fourth-order valence-corrected chi connectivity index (χ4v) is 3.83. The first-order valence-corrected chi connectivity index (χ1v) is 11.1. The number of benzene rings is 1. The molecule has 0 aliphatic carbocycles. The molecule has 2 amide bonds. The third-order valence-corrected chi connectivity index (χ3v) is 5.56. The first-order chi connectivity index (χ1) is 14.7. The van der Waals surface area contributed by atoms with Crippen LogP contribution in [0.1, 0.15) is 75.8 Å². The molecule has 2 atom stereocenters. The van der Waals surface area contributed by atoms with Crippen LogP contribution in [0.4, 0.5) is 10.6 Å². The maximum Gasteiger partial charge on any atom is 0.416 e. The van der Waals surface area contributed by atoms with Crippen molar-refractivity contribution in [3.8, 4) is 0 Å². The summed E-state index contributed by atoms with van der Waals surface area (Å²) in [6.45, 7) is 10.3. The number of aromatic nitrogens is 1. The van der Waals surface area contributed by atoms with Crippen LogP contribution in [0.5, 0.6) is 0 Å². The average Bonchev–Trinajstić information content (AvgIpc) is 3.23. The van der Waals surface area contributed by atoms with Crippen molar-refractivity contribution in [3.05, 3.63) is 59.8 Å². The molecule has 6 nitrogen and oxygen atoms in total. The standard InChI is InChI=1S/C25H33N3O3/c1-6-18(2)28(24(30)31-25(3,4)5)22-15-14-20(17-26-22)21-13-10-16-27(21)23(29)19-11-8-7-9-12-19/h7-9,11-12,14-15,17-18,21H,6,10,13,16H2,1-5H3/t18-,21-/m1/s1. The number of carbonyl (C=O) groups is 2. The molecule has 1 aromatic heterocycles. The lowest BCUT2D eigenvalue weighted by atomic mass is 10.1. The monoisotopic (exact) mass is 423 g/mol. The Kier molecular flexibility index (Phi) is 6.98. The normalized spacial score (nSPS) is 17.3. The summed E-state index contributed by atoms with van der Waals surface area (Å²) in [7, 11) is 0. The fraction of sp³-hybridized carbons (Fsp3) is 0.480. The van der Waals surface area contributed by atoms with E-state index in [1.807, 2.05) is 82.0 Å². The summed E-state index contributed by atoms with van der Waals surface area (Å²) in [6.07, 6.45) is 4.03. The van der Waals surface area contributed by atoms with Crippen molar-refractivity contribution in [2.75, 3.05) is 11.4 Å². The minimum absolute atomic E-state index is 0.00664. The summed E-state index contributed by atoms with van der Waals surface area (Å²) in [5.41, 5.74) is 1.11. The third kappa shape index (κ3) is 5.43. The Morgan fingerprint density at radius 2 is 1.90 bits per heavy atom. The van der Waals surface area contributed by atoms with Crippen LogP contribution in [-0.4, -0.2) is 40.1 Å². The second-order valence-electron chi connectivity index (χ2n) is 9.08. The molecule has 1 fully saturated rings. The third-order valence-electron chi connectivity index (χ3n) is 5.56. The predicted molar refractivity (Wildman–Crippen MR) is 122 cm³/mol. The second kappa shape index (κ2) is 9.50. The summed E-state index contributed by atoms with van der Waals surface area (Å²) >= 11 is 0. The van der Waals surface area contributed by atoms with Gasteiger partial charge >= 0.3 is 6.09 Å². The number of amides is 2. The number of likely N-dealkylation sites (tertiary alicyclic amines) is 1. The van der Waals surface area contributed by atoms with E-state index in [0.29, 0.717) is 11.4 Å². The number of ether oxygens (including phenoxy) is 1. The predicted octanol–water partition coefficient (Wildman–Crippen LogP) is 5.60. The van der Waals surface area contributed by atoms with Crippen molar-refractivity contribution < 1.29 is 14.3 Å². The smallest absolute Gasteiger partial charge is 0.416 e. The molecule has 31 heavy (non-hydrogen) atoms. The van der Waals surface area contributed by atoms with E-state index in [9.17, 15) is 9.59 Å². The molecule has 0 radical (unpaired) electrons. The zero-order valence-corrected chi connectivity index (χ0v) is 19.2. The SMILES string of the molecule is CC[C@@H](C)N(C(=O)OC(C)(C)C)c1ccc([C@H]2CCCN2C(=O)c2ccccc2)cn1. The van der Waals surface area contributed by atoms with Crippen LogP contribution in [0.15, 0.2) is 48.7 Å². The van der Waals surface area contributed by atoms with Gasteiger partial charge in [-0.1, -0.05) is 31.2 Å². The summed E-state index contributed by atoms with van der Waals surface area (Å²) in [5.74, 6) is 0.605. The van der Waals surface area contributed by atoms with E-state index in [4.69, 9.17) is 4.74 Å². The molecular formula is C25H33N3O3. The highest BCUT2D eigenvalue weighted by atomic mass is 16.6. The van der Waals surface area contributed by atoms with E-state index >= 15 is 0 Å². The van der Waals surface area contributed by atoms with Crippen LogP contribution in [0, 0.1) is 0 Å². The van der Waals surface area contributed by atoms with Crippen LogP contribution in [-0.2, 0) is 4.74 Å². The van der Waals surface area contributed by atoms with Crippen LogP contribution in [0.2, 0.25) is 0 Å². The maximum absolute atomic E-state index is 13.0. The number of nitrogens with zero attached hydrogens (tertiary/aromatic N) is 3. The molecule has 0 bridgehead atoms. The number of anilines is 1. The molecule has 166 valence electrons. The summed E-state index contributed by atoms with van der Waals surface area (Å²) < 4.78 is 5.60. The summed E-state index contributed by atoms with van der Waals surface area (Å²) in [6, 6.07) is 13.2. The van der Waals surface area contributed by atoms with Gasteiger partial charge in [0.05, 0.1) is 6.04 Å². The van der Waals surface area contributed by atoms with Gasteiger partial charge in [-0.15, -0.1) is 0 Å². The van der Waals surface area contributed by atoms with E-state index in [2.05, 4.69) is 4.98 Å². The highest BCUT2D eigenvalue weighted by molar-refractivity contribution is 5.94. The Bertz CT molecular complexity index is 890. The van der Waals surface area contributed by atoms with Gasteiger partial charge in [-0.05, 0) is 70.7 Å². The van der Waals surface area contributed by atoms with Crippen molar-refractivity contribution >= 4 is 17.8 Å². The van der Waals surface area contributed by atoms with Gasteiger partial charge in [-0.2, -0.15) is 0 Å². The van der Waals surface area contributed by atoms with E-state index in [-0.39, 0.29) is 18.0 Å². The fourth-order valence-electron chi connectivity index (χ4n) is 3.83. The maximum atomic E-state index is 13.0. The molecule has 3 rings (SSSR count). The van der Waals surface area contributed by atoms with Crippen LogP contribution in [0.25, 0.3) is 0 Å².